The number of carboxylic acid groups (broad SMARTS) is 1. The molecule has 0 heterocycles. The lowest BCUT2D eigenvalue weighted by Gasteiger charge is -2.00. The van der Waals surface area contributed by atoms with E-state index in [0.717, 1.165) is 0 Å². The predicted molar refractivity (Wildman–Crippen MR) is 55.7 cm³/mol. The lowest BCUT2D eigenvalue weighted by atomic mass is 10.2. The second-order valence-corrected chi connectivity index (χ2v) is 4.83. The number of rotatable bonds is 2. The van der Waals surface area contributed by atoms with E-state index < -0.39 is 15.7 Å². The first-order chi connectivity index (χ1) is 5.91. The first kappa shape index (κ1) is 12.9. The van der Waals surface area contributed by atoms with Gasteiger partial charge in [-0.25, -0.2) is 13.8 Å². The van der Waals surface area contributed by atoms with Crippen LogP contribution in [0.4, 0.5) is 0 Å². The van der Waals surface area contributed by atoms with Gasteiger partial charge in [0.05, 0.1) is 15.3 Å². The molecular formula is C8H10ClNO3S. The van der Waals surface area contributed by atoms with Crippen molar-refractivity contribution >= 4 is 28.1 Å². The molecule has 0 radical (unpaired) electrons. The minimum absolute atomic E-state index is 0. The lowest BCUT2D eigenvalue weighted by Crippen LogP contribution is -1.98. The van der Waals surface area contributed by atoms with Crippen molar-refractivity contribution in [2.45, 2.75) is 4.90 Å². The Balaban J connectivity index is 0.00000169. The van der Waals surface area contributed by atoms with Crippen LogP contribution in [0.15, 0.2) is 29.2 Å². The van der Waals surface area contributed by atoms with E-state index in [9.17, 15) is 9.00 Å². The smallest absolute Gasteiger partial charge is 0.335 e. The quantitative estimate of drug-likeness (QED) is 0.821. The average Bonchev–Trinajstić information content (AvgIpc) is 2.03. The lowest BCUT2D eigenvalue weighted by molar-refractivity contribution is 0.0697. The van der Waals surface area contributed by atoms with Gasteiger partial charge >= 0.3 is 5.97 Å². The fraction of sp³-hybridized carbons (Fsp3) is 0.125. The zero-order valence-electron chi connectivity index (χ0n) is 7.39. The molecule has 0 spiro atoms. The molecule has 0 aromatic heterocycles. The summed E-state index contributed by atoms with van der Waals surface area (Å²) in [5.74, 6) is -1.03. The molecule has 1 aromatic rings. The van der Waals surface area contributed by atoms with Crippen LogP contribution in [0, 0.1) is 4.78 Å². The normalized spacial score (nSPS) is 13.8. The van der Waals surface area contributed by atoms with Crippen molar-refractivity contribution in [2.24, 2.45) is 0 Å². The summed E-state index contributed by atoms with van der Waals surface area (Å²) in [6.45, 7) is 0. The van der Waals surface area contributed by atoms with Gasteiger partial charge in [0.15, 0.2) is 0 Å². The largest absolute Gasteiger partial charge is 0.478 e. The van der Waals surface area contributed by atoms with Crippen LogP contribution in [0.5, 0.6) is 0 Å². The van der Waals surface area contributed by atoms with Gasteiger partial charge in [-0.1, -0.05) is 0 Å². The van der Waals surface area contributed by atoms with Gasteiger partial charge in [-0.3, -0.25) is 0 Å². The van der Waals surface area contributed by atoms with Crippen molar-refractivity contribution in [3.8, 4) is 0 Å². The second kappa shape index (κ2) is 4.43. The fourth-order valence-corrected chi connectivity index (χ4v) is 1.51. The number of nitrogens with one attached hydrogen (secondary N) is 1. The zero-order valence-corrected chi connectivity index (χ0v) is 9.02. The van der Waals surface area contributed by atoms with Crippen LogP contribution < -0.4 is 0 Å². The minimum Gasteiger partial charge on any atom is -0.478 e. The van der Waals surface area contributed by atoms with Crippen molar-refractivity contribution in [3.05, 3.63) is 29.8 Å². The highest BCUT2D eigenvalue weighted by Crippen LogP contribution is 2.10. The molecule has 1 unspecified atom stereocenters. The van der Waals surface area contributed by atoms with E-state index in [1.807, 2.05) is 0 Å². The van der Waals surface area contributed by atoms with Crippen molar-refractivity contribution in [2.75, 3.05) is 6.26 Å². The molecule has 0 aliphatic rings. The van der Waals surface area contributed by atoms with E-state index >= 15 is 0 Å². The third-order valence-corrected chi connectivity index (χ3v) is 2.72. The number of benzene rings is 1. The summed E-state index contributed by atoms with van der Waals surface area (Å²) in [4.78, 5) is 10.8. The van der Waals surface area contributed by atoms with Crippen LogP contribution in [0.3, 0.4) is 0 Å². The number of carbonyl (C=O) groups is 1. The molecule has 0 bridgehead atoms. The summed E-state index contributed by atoms with van der Waals surface area (Å²) < 4.78 is 18.4. The number of hydrogen-bond donors (Lipinski definition) is 2. The Hall–Kier alpha value is -1.07. The Kier molecular flexibility index (Phi) is 4.09. The zero-order chi connectivity index (χ0) is 10.1. The monoisotopic (exact) mass is 235 g/mol. The van der Waals surface area contributed by atoms with Crippen molar-refractivity contribution in [3.63, 3.8) is 0 Å². The second-order valence-electron chi connectivity index (χ2n) is 2.67. The molecule has 0 aliphatic carbocycles. The molecule has 1 rings (SSSR count). The molecule has 1 atom stereocenters. The van der Waals surface area contributed by atoms with Gasteiger partial charge in [0.25, 0.3) is 0 Å². The van der Waals surface area contributed by atoms with Crippen LogP contribution in [-0.2, 0) is 9.73 Å². The maximum absolute atomic E-state index is 11.2. The standard InChI is InChI=1S/C8H9NO3S.ClH/c1-13(9,12)7-4-2-6(3-5-7)8(10)11;/h2-5,9H,1H3,(H,10,11);1H. The fourth-order valence-electron chi connectivity index (χ4n) is 0.857. The molecule has 0 saturated carbocycles. The number of carboxylic acids is 1. The number of halogens is 1. The first-order valence-corrected chi connectivity index (χ1v) is 5.45. The summed E-state index contributed by atoms with van der Waals surface area (Å²) >= 11 is 0. The van der Waals surface area contributed by atoms with E-state index in [-0.39, 0.29) is 18.0 Å². The minimum atomic E-state index is -2.74. The molecule has 1 aromatic carbocycles. The van der Waals surface area contributed by atoms with Gasteiger partial charge in [0.1, 0.15) is 0 Å². The van der Waals surface area contributed by atoms with Crippen LogP contribution in [-0.4, -0.2) is 21.5 Å². The molecule has 0 saturated heterocycles. The highest BCUT2D eigenvalue weighted by molar-refractivity contribution is 7.91. The van der Waals surface area contributed by atoms with Crippen molar-refractivity contribution in [1.29, 1.82) is 4.78 Å². The summed E-state index contributed by atoms with van der Waals surface area (Å²) in [5.41, 5.74) is 0.132. The van der Waals surface area contributed by atoms with Gasteiger partial charge in [-0.15, -0.1) is 12.4 Å². The molecule has 0 amide bonds. The van der Waals surface area contributed by atoms with Crippen LogP contribution in [0.2, 0.25) is 0 Å². The number of aromatic carboxylic acids is 1. The van der Waals surface area contributed by atoms with E-state index in [1.165, 1.54) is 30.5 Å². The maximum Gasteiger partial charge on any atom is 0.335 e. The Morgan fingerprint density at radius 2 is 1.79 bits per heavy atom. The highest BCUT2D eigenvalue weighted by atomic mass is 35.5. The van der Waals surface area contributed by atoms with Crippen LogP contribution in [0.1, 0.15) is 10.4 Å². The van der Waals surface area contributed by atoms with E-state index in [2.05, 4.69) is 0 Å². The topological polar surface area (TPSA) is 78.2 Å². The molecule has 0 fully saturated rings. The Morgan fingerprint density at radius 1 is 1.36 bits per heavy atom. The first-order valence-electron chi connectivity index (χ1n) is 3.48. The molecule has 14 heavy (non-hydrogen) atoms. The van der Waals surface area contributed by atoms with Gasteiger partial charge in [-0.05, 0) is 24.3 Å². The Morgan fingerprint density at radius 3 is 2.07 bits per heavy atom. The van der Waals surface area contributed by atoms with Crippen LogP contribution >= 0.6 is 12.4 Å². The van der Waals surface area contributed by atoms with E-state index in [1.54, 1.807) is 0 Å². The molecule has 0 aliphatic heterocycles. The summed E-state index contributed by atoms with van der Waals surface area (Å²) in [6, 6.07) is 5.49. The van der Waals surface area contributed by atoms with Gasteiger partial charge < -0.3 is 5.11 Å². The van der Waals surface area contributed by atoms with E-state index in [4.69, 9.17) is 9.89 Å². The predicted octanol–water partition coefficient (Wildman–Crippen LogP) is 1.84. The summed E-state index contributed by atoms with van der Waals surface area (Å²) in [7, 11) is -2.74. The highest BCUT2D eigenvalue weighted by Gasteiger charge is 2.05. The number of hydrogen-bond acceptors (Lipinski definition) is 3. The Labute approximate surface area is 88.3 Å². The van der Waals surface area contributed by atoms with Gasteiger partial charge in [0.2, 0.25) is 0 Å². The van der Waals surface area contributed by atoms with Gasteiger partial charge in [-0.2, -0.15) is 0 Å². The van der Waals surface area contributed by atoms with Crippen molar-refractivity contribution in [1.82, 2.24) is 0 Å². The Bertz CT molecular complexity index is 424. The summed E-state index contributed by atoms with van der Waals surface area (Å²) in [5, 5.41) is 8.56. The summed E-state index contributed by atoms with van der Waals surface area (Å²) in [6.07, 6.45) is 1.29. The SMILES string of the molecule is CS(=N)(=O)c1ccc(C(=O)O)cc1.Cl. The molecule has 6 heteroatoms. The molecule has 2 N–H and O–H groups in total. The van der Waals surface area contributed by atoms with Crippen LogP contribution in [0.25, 0.3) is 0 Å². The van der Waals surface area contributed by atoms with E-state index in [0.29, 0.717) is 4.90 Å². The third-order valence-electron chi connectivity index (χ3n) is 1.55. The maximum atomic E-state index is 11.2. The van der Waals surface area contributed by atoms with Gasteiger partial charge in [0, 0.05) is 11.2 Å². The molecule has 78 valence electrons. The third kappa shape index (κ3) is 3.01. The average molecular weight is 236 g/mol. The molecule has 4 nitrogen and oxygen atoms in total. The van der Waals surface area contributed by atoms with Crippen molar-refractivity contribution < 1.29 is 14.1 Å². The molecular weight excluding hydrogens is 226 g/mol.